The molecule has 0 bridgehead atoms. The molecule has 0 saturated carbocycles. The molecule has 0 aliphatic carbocycles. The molecule has 3 rings (SSSR count). The Balaban J connectivity index is 1.80. The maximum Gasteiger partial charge on any atom is 0.327 e. The predicted octanol–water partition coefficient (Wildman–Crippen LogP) is -0.670. The van der Waals surface area contributed by atoms with Crippen LogP contribution in [-0.4, -0.2) is 74.7 Å². The van der Waals surface area contributed by atoms with Crippen molar-refractivity contribution in [2.45, 2.75) is 43.4 Å². The van der Waals surface area contributed by atoms with Gasteiger partial charge < -0.3 is 42.6 Å². The third-order valence-corrected chi connectivity index (χ3v) is 6.66. The number of aromatic amines is 1. The SMILES string of the molecule is NC(=O)CC(NC(=O)C(N)Cc1ccc(O)cc1)C(=O)NC(Cc1c[nH]c2ccccc12)C(=O)NC(CS)C(=O)O. The Morgan fingerprint density at radius 3 is 2.10 bits per heavy atom. The van der Waals surface area contributed by atoms with Gasteiger partial charge >= 0.3 is 5.97 Å². The van der Waals surface area contributed by atoms with Gasteiger partial charge in [-0.05, 0) is 35.7 Å². The number of benzene rings is 2. The van der Waals surface area contributed by atoms with Gasteiger partial charge in [0.05, 0.1) is 12.5 Å². The topological polar surface area (TPSA) is 230 Å². The van der Waals surface area contributed by atoms with Gasteiger partial charge in [0.15, 0.2) is 0 Å². The second kappa shape index (κ2) is 14.2. The van der Waals surface area contributed by atoms with Crippen LogP contribution in [0.25, 0.3) is 10.9 Å². The number of aromatic nitrogens is 1. The number of hydrogen-bond donors (Lipinski definition) is 9. The number of carbonyl (C=O) groups is 5. The number of thiol groups is 1. The van der Waals surface area contributed by atoms with Crippen molar-refractivity contribution in [2.75, 3.05) is 5.75 Å². The van der Waals surface area contributed by atoms with E-state index in [1.54, 1.807) is 24.4 Å². The van der Waals surface area contributed by atoms with E-state index in [9.17, 15) is 34.2 Å². The molecule has 14 heteroatoms. The number of nitrogens with two attached hydrogens (primary N) is 2. The number of primary amides is 1. The molecule has 0 aliphatic rings. The number of fused-ring (bicyclic) bond motifs is 1. The maximum atomic E-state index is 13.3. The number of aliphatic carboxylic acids is 1. The minimum atomic E-state index is -1.47. The molecular formula is C27H32N6O7S. The second-order valence-corrected chi connectivity index (χ2v) is 9.78. The molecule has 0 fully saturated rings. The van der Waals surface area contributed by atoms with Crippen LogP contribution in [-0.2, 0) is 36.8 Å². The third kappa shape index (κ3) is 8.71. The molecule has 0 saturated heterocycles. The van der Waals surface area contributed by atoms with E-state index in [1.165, 1.54) is 12.1 Å². The molecule has 2 aromatic carbocycles. The summed E-state index contributed by atoms with van der Waals surface area (Å²) in [6.45, 7) is 0. The highest BCUT2D eigenvalue weighted by Gasteiger charge is 2.31. The van der Waals surface area contributed by atoms with Crippen molar-refractivity contribution in [3.05, 3.63) is 65.9 Å². The Morgan fingerprint density at radius 1 is 0.854 bits per heavy atom. The molecule has 10 N–H and O–H groups in total. The lowest BCUT2D eigenvalue weighted by atomic mass is 10.0. The number of H-pyrrole nitrogens is 1. The van der Waals surface area contributed by atoms with Crippen molar-refractivity contribution in [2.24, 2.45) is 11.5 Å². The average molecular weight is 585 g/mol. The van der Waals surface area contributed by atoms with Crippen LogP contribution < -0.4 is 27.4 Å². The van der Waals surface area contributed by atoms with Gasteiger partial charge in [-0.3, -0.25) is 19.2 Å². The molecule has 0 radical (unpaired) electrons. The Hall–Kier alpha value is -4.56. The van der Waals surface area contributed by atoms with Crippen molar-refractivity contribution >= 4 is 53.1 Å². The fourth-order valence-corrected chi connectivity index (χ4v) is 4.38. The first-order chi connectivity index (χ1) is 19.5. The van der Waals surface area contributed by atoms with Crippen LogP contribution in [0.15, 0.2) is 54.7 Å². The second-order valence-electron chi connectivity index (χ2n) is 9.42. The number of hydrogen-bond acceptors (Lipinski definition) is 8. The lowest BCUT2D eigenvalue weighted by molar-refractivity contribution is -0.141. The summed E-state index contributed by atoms with van der Waals surface area (Å²) in [5, 5.41) is 26.9. The highest BCUT2D eigenvalue weighted by molar-refractivity contribution is 7.80. The van der Waals surface area contributed by atoms with Gasteiger partial charge in [0.2, 0.25) is 23.6 Å². The van der Waals surface area contributed by atoms with Crippen LogP contribution in [0.2, 0.25) is 0 Å². The van der Waals surface area contributed by atoms with Crippen molar-refractivity contribution < 1.29 is 34.2 Å². The number of aromatic hydroxyl groups is 1. The standard InChI is InChI=1S/C27H32N6O7S/c28-18(9-14-5-7-16(34)8-6-14)24(36)31-21(11-23(29)35)26(38)32-20(25(37)33-22(13-41)27(39)40)10-15-12-30-19-4-2-1-3-17(15)19/h1-8,12,18,20-22,30,34,41H,9-11,13,28H2,(H2,29,35)(H,31,36)(H,32,38)(H,33,37)(H,39,40). The maximum absolute atomic E-state index is 13.3. The van der Waals surface area contributed by atoms with Crippen LogP contribution in [0, 0.1) is 0 Å². The number of carboxylic acids is 1. The highest BCUT2D eigenvalue weighted by Crippen LogP contribution is 2.19. The minimum Gasteiger partial charge on any atom is -0.508 e. The molecule has 4 unspecified atom stereocenters. The fraction of sp³-hybridized carbons (Fsp3) is 0.296. The van der Waals surface area contributed by atoms with E-state index in [-0.39, 0.29) is 24.3 Å². The molecule has 41 heavy (non-hydrogen) atoms. The number of amides is 4. The van der Waals surface area contributed by atoms with E-state index >= 15 is 0 Å². The summed E-state index contributed by atoms with van der Waals surface area (Å²) in [6, 6.07) is 8.10. The normalized spacial score (nSPS) is 13.9. The van der Waals surface area contributed by atoms with Gasteiger partial charge in [-0.1, -0.05) is 30.3 Å². The van der Waals surface area contributed by atoms with E-state index in [2.05, 4.69) is 33.6 Å². The van der Waals surface area contributed by atoms with E-state index < -0.39 is 60.2 Å². The number of rotatable bonds is 14. The summed E-state index contributed by atoms with van der Waals surface area (Å²) in [6.07, 6.45) is 1.11. The van der Waals surface area contributed by atoms with E-state index in [1.807, 2.05) is 18.2 Å². The third-order valence-electron chi connectivity index (χ3n) is 6.30. The molecule has 0 aliphatic heterocycles. The Bertz CT molecular complexity index is 1410. The molecule has 3 aromatic rings. The van der Waals surface area contributed by atoms with Crippen molar-refractivity contribution in [1.29, 1.82) is 0 Å². The molecule has 4 atom stereocenters. The summed E-state index contributed by atoms with van der Waals surface area (Å²) in [5.41, 5.74) is 13.4. The molecule has 13 nitrogen and oxygen atoms in total. The number of carbonyl (C=O) groups excluding carboxylic acids is 4. The summed E-state index contributed by atoms with van der Waals surface area (Å²) < 4.78 is 0. The Kier molecular flexibility index (Phi) is 10.7. The zero-order valence-corrected chi connectivity index (χ0v) is 22.8. The molecular weight excluding hydrogens is 552 g/mol. The van der Waals surface area contributed by atoms with Gasteiger partial charge in [-0.2, -0.15) is 12.6 Å². The first kappa shape index (κ1) is 31.0. The van der Waals surface area contributed by atoms with Gasteiger partial charge in [-0.15, -0.1) is 0 Å². The monoisotopic (exact) mass is 584 g/mol. The lowest BCUT2D eigenvalue weighted by Gasteiger charge is -2.24. The fourth-order valence-electron chi connectivity index (χ4n) is 4.13. The van der Waals surface area contributed by atoms with Crippen LogP contribution in [0.3, 0.4) is 0 Å². The zero-order valence-electron chi connectivity index (χ0n) is 21.9. The Labute approximate surface area is 240 Å². The van der Waals surface area contributed by atoms with Gasteiger partial charge in [-0.25, -0.2) is 4.79 Å². The van der Waals surface area contributed by atoms with Gasteiger partial charge in [0, 0.05) is 29.3 Å². The van der Waals surface area contributed by atoms with Crippen LogP contribution in [0.5, 0.6) is 5.75 Å². The number of para-hydroxylation sites is 1. The van der Waals surface area contributed by atoms with Crippen LogP contribution >= 0.6 is 12.6 Å². The van der Waals surface area contributed by atoms with E-state index in [4.69, 9.17) is 11.5 Å². The zero-order chi connectivity index (χ0) is 30.1. The minimum absolute atomic E-state index is 0.0419. The first-order valence-corrected chi connectivity index (χ1v) is 13.2. The lowest BCUT2D eigenvalue weighted by Crippen LogP contribution is -2.58. The molecule has 1 heterocycles. The van der Waals surface area contributed by atoms with Crippen molar-refractivity contribution in [1.82, 2.24) is 20.9 Å². The summed E-state index contributed by atoms with van der Waals surface area (Å²) in [5.74, 6) is -4.82. The van der Waals surface area contributed by atoms with E-state index in [0.29, 0.717) is 11.1 Å². The quantitative estimate of drug-likeness (QED) is 0.110. The summed E-state index contributed by atoms with van der Waals surface area (Å²) >= 11 is 3.96. The number of carboxylic acid groups (broad SMARTS) is 1. The smallest absolute Gasteiger partial charge is 0.327 e. The highest BCUT2D eigenvalue weighted by atomic mass is 32.1. The van der Waals surface area contributed by atoms with Crippen LogP contribution in [0.1, 0.15) is 17.5 Å². The Morgan fingerprint density at radius 2 is 1.46 bits per heavy atom. The summed E-state index contributed by atoms with van der Waals surface area (Å²) in [4.78, 5) is 65.6. The largest absolute Gasteiger partial charge is 0.508 e. The first-order valence-electron chi connectivity index (χ1n) is 12.6. The number of phenolic OH excluding ortho intramolecular Hbond substituents is 1. The van der Waals surface area contributed by atoms with Crippen molar-refractivity contribution in [3.8, 4) is 5.75 Å². The van der Waals surface area contributed by atoms with Crippen molar-refractivity contribution in [3.63, 3.8) is 0 Å². The van der Waals surface area contributed by atoms with Crippen LogP contribution in [0.4, 0.5) is 0 Å². The van der Waals surface area contributed by atoms with E-state index in [0.717, 1.165) is 10.9 Å². The molecule has 218 valence electrons. The number of nitrogens with one attached hydrogen (secondary N) is 4. The molecule has 0 spiro atoms. The number of phenols is 1. The summed E-state index contributed by atoms with van der Waals surface area (Å²) in [7, 11) is 0. The predicted molar refractivity (Wildman–Crippen MR) is 153 cm³/mol. The molecule has 1 aromatic heterocycles. The van der Waals surface area contributed by atoms with Gasteiger partial charge in [0.1, 0.15) is 23.9 Å². The molecule has 4 amide bonds. The average Bonchev–Trinajstić information content (AvgIpc) is 3.34. The van der Waals surface area contributed by atoms with Gasteiger partial charge in [0.25, 0.3) is 0 Å².